The number of carbonyl (C=O) groups excluding carboxylic acids is 1. The molecule has 18 heavy (non-hydrogen) atoms. The van der Waals surface area contributed by atoms with Crippen molar-refractivity contribution < 1.29 is 9.53 Å². The highest BCUT2D eigenvalue weighted by Gasteiger charge is 2.08. The van der Waals surface area contributed by atoms with Gasteiger partial charge in [0.15, 0.2) is 5.78 Å². The molecule has 0 aliphatic rings. The summed E-state index contributed by atoms with van der Waals surface area (Å²) in [5.74, 6) is 0.647. The molecule has 2 rings (SSSR count). The first-order chi connectivity index (χ1) is 8.79. The van der Waals surface area contributed by atoms with Gasteiger partial charge in [-0.3, -0.25) is 14.8 Å². The second kappa shape index (κ2) is 5.91. The molecule has 0 fully saturated rings. The van der Waals surface area contributed by atoms with Crippen LogP contribution in [0.15, 0.2) is 43.0 Å². The molecule has 4 heteroatoms. The summed E-state index contributed by atoms with van der Waals surface area (Å²) >= 11 is 0. The molecule has 0 amide bonds. The molecule has 0 bridgehead atoms. The zero-order chi connectivity index (χ0) is 12.8. The molecule has 2 aromatic heterocycles. The van der Waals surface area contributed by atoms with Gasteiger partial charge in [-0.15, -0.1) is 0 Å². The van der Waals surface area contributed by atoms with Crippen LogP contribution in [0.2, 0.25) is 0 Å². The van der Waals surface area contributed by atoms with Crippen LogP contribution < -0.4 is 4.74 Å². The standard InChI is InChI=1S/C14H14N2O2/c1-2-18-13-8-12(9-16-10-13)14(17)7-11-3-5-15-6-4-11/h3-6,8-10H,2,7H2,1H3. The highest BCUT2D eigenvalue weighted by molar-refractivity contribution is 5.97. The van der Waals surface area contributed by atoms with E-state index in [1.165, 1.54) is 0 Å². The summed E-state index contributed by atoms with van der Waals surface area (Å²) in [6.45, 7) is 2.45. The number of hydrogen-bond acceptors (Lipinski definition) is 4. The minimum atomic E-state index is 0.0234. The van der Waals surface area contributed by atoms with E-state index in [1.807, 2.05) is 19.1 Å². The molecule has 0 spiro atoms. The number of hydrogen-bond donors (Lipinski definition) is 0. The molecular weight excluding hydrogens is 228 g/mol. The Bertz CT molecular complexity index is 526. The van der Waals surface area contributed by atoms with Crippen molar-refractivity contribution in [2.24, 2.45) is 0 Å². The van der Waals surface area contributed by atoms with Gasteiger partial charge in [-0.2, -0.15) is 0 Å². The van der Waals surface area contributed by atoms with Crippen LogP contribution in [0.3, 0.4) is 0 Å². The van der Waals surface area contributed by atoms with Crippen molar-refractivity contribution >= 4 is 5.78 Å². The Kier molecular flexibility index (Phi) is 4.02. The van der Waals surface area contributed by atoms with Gasteiger partial charge in [-0.1, -0.05) is 0 Å². The summed E-state index contributed by atoms with van der Waals surface area (Å²) in [7, 11) is 0. The predicted molar refractivity (Wildman–Crippen MR) is 67.7 cm³/mol. The average Bonchev–Trinajstić information content (AvgIpc) is 2.40. The second-order valence-electron chi connectivity index (χ2n) is 3.80. The van der Waals surface area contributed by atoms with Crippen LogP contribution in [0.25, 0.3) is 0 Å². The lowest BCUT2D eigenvalue weighted by Gasteiger charge is -2.05. The number of rotatable bonds is 5. The number of aromatic nitrogens is 2. The Hall–Kier alpha value is -2.23. The van der Waals surface area contributed by atoms with Crippen LogP contribution >= 0.6 is 0 Å². The van der Waals surface area contributed by atoms with Crippen LogP contribution in [-0.4, -0.2) is 22.4 Å². The molecular formula is C14H14N2O2. The van der Waals surface area contributed by atoms with E-state index in [0.717, 1.165) is 5.56 Å². The van der Waals surface area contributed by atoms with Gasteiger partial charge in [0.1, 0.15) is 5.75 Å². The van der Waals surface area contributed by atoms with E-state index in [2.05, 4.69) is 9.97 Å². The minimum Gasteiger partial charge on any atom is -0.492 e. The molecule has 0 unspecified atom stereocenters. The number of nitrogens with zero attached hydrogens (tertiary/aromatic N) is 2. The fraction of sp³-hybridized carbons (Fsp3) is 0.214. The molecule has 0 radical (unpaired) electrons. The Morgan fingerprint density at radius 2 is 2.00 bits per heavy atom. The van der Waals surface area contributed by atoms with Gasteiger partial charge in [-0.25, -0.2) is 0 Å². The molecule has 0 N–H and O–H groups in total. The van der Waals surface area contributed by atoms with Crippen LogP contribution in [0.4, 0.5) is 0 Å². The van der Waals surface area contributed by atoms with Crippen molar-refractivity contribution in [3.8, 4) is 5.75 Å². The summed E-state index contributed by atoms with van der Waals surface area (Å²) in [4.78, 5) is 20.0. The molecule has 0 aromatic carbocycles. The SMILES string of the molecule is CCOc1cncc(C(=O)Cc2ccncc2)c1. The largest absolute Gasteiger partial charge is 0.492 e. The van der Waals surface area contributed by atoms with Gasteiger partial charge in [-0.05, 0) is 30.7 Å². The van der Waals surface area contributed by atoms with Crippen LogP contribution in [-0.2, 0) is 6.42 Å². The third-order valence-corrected chi connectivity index (χ3v) is 2.46. The number of Topliss-reactive ketones (excluding diaryl/α,β-unsaturated/α-hetero) is 1. The van der Waals surface area contributed by atoms with Crippen LogP contribution in [0.5, 0.6) is 5.75 Å². The van der Waals surface area contributed by atoms with Gasteiger partial charge in [0.25, 0.3) is 0 Å². The lowest BCUT2D eigenvalue weighted by molar-refractivity contribution is 0.0992. The van der Waals surface area contributed by atoms with E-state index in [0.29, 0.717) is 24.3 Å². The van der Waals surface area contributed by atoms with Gasteiger partial charge < -0.3 is 4.74 Å². The maximum Gasteiger partial charge on any atom is 0.168 e. The molecule has 92 valence electrons. The third-order valence-electron chi connectivity index (χ3n) is 2.46. The van der Waals surface area contributed by atoms with Crippen molar-refractivity contribution in [2.45, 2.75) is 13.3 Å². The lowest BCUT2D eigenvalue weighted by atomic mass is 10.1. The van der Waals surface area contributed by atoms with E-state index in [-0.39, 0.29) is 5.78 Å². The zero-order valence-corrected chi connectivity index (χ0v) is 10.2. The summed E-state index contributed by atoms with van der Waals surface area (Å²) < 4.78 is 5.32. The smallest absolute Gasteiger partial charge is 0.168 e. The zero-order valence-electron chi connectivity index (χ0n) is 10.2. The highest BCUT2D eigenvalue weighted by atomic mass is 16.5. The summed E-state index contributed by atoms with van der Waals surface area (Å²) in [6, 6.07) is 5.38. The number of ketones is 1. The normalized spacial score (nSPS) is 10.1. The van der Waals surface area contributed by atoms with Crippen molar-refractivity contribution in [2.75, 3.05) is 6.61 Å². The summed E-state index contributed by atoms with van der Waals surface area (Å²) in [6.07, 6.45) is 6.87. The molecule has 0 aliphatic heterocycles. The van der Waals surface area contributed by atoms with E-state index in [1.54, 1.807) is 30.9 Å². The molecule has 0 saturated heterocycles. The summed E-state index contributed by atoms with van der Waals surface area (Å²) in [5, 5.41) is 0. The monoisotopic (exact) mass is 242 g/mol. The molecule has 0 saturated carbocycles. The second-order valence-corrected chi connectivity index (χ2v) is 3.80. The quantitative estimate of drug-likeness (QED) is 0.755. The maximum atomic E-state index is 12.1. The van der Waals surface area contributed by atoms with Gasteiger partial charge in [0, 0.05) is 30.6 Å². The number of pyridine rings is 2. The first-order valence-corrected chi connectivity index (χ1v) is 5.79. The first-order valence-electron chi connectivity index (χ1n) is 5.79. The Balaban J connectivity index is 2.11. The van der Waals surface area contributed by atoms with E-state index < -0.39 is 0 Å². The van der Waals surface area contributed by atoms with Gasteiger partial charge in [0.2, 0.25) is 0 Å². The molecule has 2 heterocycles. The average molecular weight is 242 g/mol. The minimum absolute atomic E-state index is 0.0234. The molecule has 2 aromatic rings. The fourth-order valence-corrected chi connectivity index (χ4v) is 1.61. The summed E-state index contributed by atoms with van der Waals surface area (Å²) in [5.41, 5.74) is 1.51. The van der Waals surface area contributed by atoms with Crippen molar-refractivity contribution in [1.29, 1.82) is 0 Å². The maximum absolute atomic E-state index is 12.1. The molecule has 4 nitrogen and oxygen atoms in total. The topological polar surface area (TPSA) is 52.1 Å². The van der Waals surface area contributed by atoms with Crippen LogP contribution in [0, 0.1) is 0 Å². The van der Waals surface area contributed by atoms with E-state index in [9.17, 15) is 4.79 Å². The Labute approximate surface area is 106 Å². The predicted octanol–water partition coefficient (Wildman–Crippen LogP) is 2.30. The van der Waals surface area contributed by atoms with E-state index >= 15 is 0 Å². The fourth-order valence-electron chi connectivity index (χ4n) is 1.61. The molecule has 0 atom stereocenters. The Morgan fingerprint density at radius 3 is 2.72 bits per heavy atom. The van der Waals surface area contributed by atoms with Gasteiger partial charge in [0.05, 0.1) is 12.8 Å². The highest BCUT2D eigenvalue weighted by Crippen LogP contribution is 2.13. The number of ether oxygens (including phenoxy) is 1. The number of carbonyl (C=O) groups is 1. The van der Waals surface area contributed by atoms with Crippen molar-refractivity contribution in [3.63, 3.8) is 0 Å². The van der Waals surface area contributed by atoms with Crippen molar-refractivity contribution in [3.05, 3.63) is 54.1 Å². The molecule has 0 aliphatic carbocycles. The first kappa shape index (κ1) is 12.2. The van der Waals surface area contributed by atoms with Crippen molar-refractivity contribution in [1.82, 2.24) is 9.97 Å². The third kappa shape index (κ3) is 3.13. The lowest BCUT2D eigenvalue weighted by Crippen LogP contribution is -2.05. The van der Waals surface area contributed by atoms with Crippen LogP contribution in [0.1, 0.15) is 22.8 Å². The van der Waals surface area contributed by atoms with Gasteiger partial charge >= 0.3 is 0 Å². The Morgan fingerprint density at radius 1 is 1.22 bits per heavy atom. The van der Waals surface area contributed by atoms with E-state index in [4.69, 9.17) is 4.74 Å².